The molecule has 1 N–H and O–H groups in total. The number of amides is 1. The van der Waals surface area contributed by atoms with Crippen molar-refractivity contribution in [1.82, 2.24) is 20.3 Å². The fourth-order valence-corrected chi connectivity index (χ4v) is 4.56. The predicted octanol–water partition coefficient (Wildman–Crippen LogP) is 5.09. The molecule has 194 valence electrons. The monoisotopic (exact) mass is 544 g/mol. The number of alkyl halides is 4. The number of halogens is 4. The maximum Gasteiger partial charge on any atom is 0.433 e. The summed E-state index contributed by atoms with van der Waals surface area (Å²) in [5, 5.41) is 3.37. The van der Waals surface area contributed by atoms with Crippen LogP contribution in [0.3, 0.4) is 0 Å². The average Bonchev–Trinajstić information content (AvgIpc) is 3.35. The lowest BCUT2D eigenvalue weighted by molar-refractivity contribution is -0.141. The minimum Gasteiger partial charge on any atom is -0.463 e. The van der Waals surface area contributed by atoms with Gasteiger partial charge in [0.25, 0.3) is 5.91 Å². The lowest BCUT2D eigenvalue weighted by Gasteiger charge is -2.09. The first-order valence-electron chi connectivity index (χ1n) is 10.9. The molecule has 13 heteroatoms. The first kappa shape index (κ1) is 25.3. The highest BCUT2D eigenvalue weighted by atomic mass is 32.2. The molecule has 5 aromatic rings. The molecule has 1 aromatic carbocycles. The molecule has 4 heterocycles. The van der Waals surface area contributed by atoms with Gasteiger partial charge in [-0.2, -0.15) is 13.2 Å². The van der Waals surface area contributed by atoms with Crippen LogP contribution < -0.4 is 5.32 Å². The summed E-state index contributed by atoms with van der Waals surface area (Å²) in [6.07, 6.45) is -2.15. The Balaban J connectivity index is 1.37. The van der Waals surface area contributed by atoms with Gasteiger partial charge in [0.15, 0.2) is 6.01 Å². The number of furan rings is 1. The minimum absolute atomic E-state index is 0.0262. The fourth-order valence-electron chi connectivity index (χ4n) is 3.75. The van der Waals surface area contributed by atoms with Gasteiger partial charge >= 0.3 is 6.18 Å². The van der Waals surface area contributed by atoms with Crippen LogP contribution in [0.25, 0.3) is 33.3 Å². The topological polar surface area (TPSA) is 115 Å². The Morgan fingerprint density at radius 1 is 1.00 bits per heavy atom. The van der Waals surface area contributed by atoms with Crippen LogP contribution in [0.4, 0.5) is 17.6 Å². The number of sulfone groups is 1. The van der Waals surface area contributed by atoms with Gasteiger partial charge in [-0.15, -0.1) is 0 Å². The summed E-state index contributed by atoms with van der Waals surface area (Å²) < 4.78 is 81.1. The van der Waals surface area contributed by atoms with Crippen LogP contribution in [0.5, 0.6) is 0 Å². The van der Waals surface area contributed by atoms with E-state index in [4.69, 9.17) is 4.42 Å². The number of fused-ring (bicyclic) bond motifs is 2. The van der Waals surface area contributed by atoms with Crippen molar-refractivity contribution in [2.75, 3.05) is 6.01 Å². The van der Waals surface area contributed by atoms with Crippen molar-refractivity contribution in [3.05, 3.63) is 84.0 Å². The normalized spacial score (nSPS) is 12.2. The number of aromatic nitrogens is 3. The van der Waals surface area contributed by atoms with Crippen molar-refractivity contribution >= 4 is 37.6 Å². The first-order chi connectivity index (χ1) is 18.0. The third kappa shape index (κ3) is 4.92. The van der Waals surface area contributed by atoms with E-state index in [2.05, 4.69) is 20.3 Å². The van der Waals surface area contributed by atoms with Crippen LogP contribution in [0, 0.1) is 0 Å². The van der Waals surface area contributed by atoms with Crippen LogP contribution in [-0.2, 0) is 22.6 Å². The second-order valence-electron chi connectivity index (χ2n) is 8.19. The molecular weight excluding hydrogens is 528 g/mol. The number of carbonyl (C=O) groups excluding carboxylic acids is 1. The van der Waals surface area contributed by atoms with E-state index in [9.17, 15) is 30.8 Å². The molecule has 0 aliphatic heterocycles. The van der Waals surface area contributed by atoms with Crippen molar-refractivity contribution in [3.63, 3.8) is 0 Å². The molecule has 4 aromatic heterocycles. The number of carbonyl (C=O) groups is 1. The van der Waals surface area contributed by atoms with E-state index >= 15 is 0 Å². The summed E-state index contributed by atoms with van der Waals surface area (Å²) in [5.74, 6) is -0.548. The van der Waals surface area contributed by atoms with Crippen molar-refractivity contribution in [2.24, 2.45) is 0 Å². The molecule has 0 saturated heterocycles. The average molecular weight is 544 g/mol. The van der Waals surface area contributed by atoms with Gasteiger partial charge in [-0.05, 0) is 48.5 Å². The van der Waals surface area contributed by atoms with E-state index in [1.807, 2.05) is 0 Å². The maximum atomic E-state index is 13.0. The van der Waals surface area contributed by atoms with Gasteiger partial charge in [0.1, 0.15) is 22.4 Å². The Kier molecular flexibility index (Phi) is 6.31. The fraction of sp³-hybridized carbons (Fsp3) is 0.120. The molecule has 0 fully saturated rings. The van der Waals surface area contributed by atoms with E-state index in [-0.39, 0.29) is 39.4 Å². The van der Waals surface area contributed by atoms with Crippen LogP contribution in [0.15, 0.2) is 76.4 Å². The Morgan fingerprint density at radius 2 is 1.79 bits per heavy atom. The molecule has 0 aliphatic rings. The van der Waals surface area contributed by atoms with E-state index in [1.165, 1.54) is 42.6 Å². The SMILES string of the molecule is O=C(NCc1cc2nc(-c3cccc(C(F)(F)F)n3)ccc2cn1)c1ccc2occ(S(=O)(=O)CF)c2c1. The molecule has 0 spiro atoms. The molecular formula is C25H16F4N4O4S. The molecule has 0 atom stereocenters. The van der Waals surface area contributed by atoms with Crippen molar-refractivity contribution < 1.29 is 35.2 Å². The summed E-state index contributed by atoms with van der Waals surface area (Å²) in [7, 11) is -4.20. The lowest BCUT2D eigenvalue weighted by Crippen LogP contribution is -2.23. The predicted molar refractivity (Wildman–Crippen MR) is 128 cm³/mol. The molecule has 0 radical (unpaired) electrons. The Morgan fingerprint density at radius 3 is 2.55 bits per heavy atom. The number of pyridine rings is 3. The zero-order valence-electron chi connectivity index (χ0n) is 19.2. The van der Waals surface area contributed by atoms with Crippen molar-refractivity contribution in [1.29, 1.82) is 0 Å². The van der Waals surface area contributed by atoms with Crippen LogP contribution in [0.2, 0.25) is 0 Å². The second-order valence-corrected chi connectivity index (χ2v) is 10.1. The quantitative estimate of drug-likeness (QED) is 0.296. The van der Waals surface area contributed by atoms with Gasteiger partial charge in [-0.25, -0.2) is 22.8 Å². The Bertz CT molecular complexity index is 1800. The lowest BCUT2D eigenvalue weighted by atomic mass is 10.1. The highest BCUT2D eigenvalue weighted by molar-refractivity contribution is 7.91. The van der Waals surface area contributed by atoms with Crippen molar-refractivity contribution in [2.45, 2.75) is 17.6 Å². The summed E-state index contributed by atoms with van der Waals surface area (Å²) in [5.41, 5.74) is 0.403. The maximum absolute atomic E-state index is 13.0. The number of hydrogen-bond acceptors (Lipinski definition) is 7. The van der Waals surface area contributed by atoms with Gasteiger partial charge in [0.2, 0.25) is 9.84 Å². The molecule has 0 unspecified atom stereocenters. The molecule has 5 rings (SSSR count). The molecule has 8 nitrogen and oxygen atoms in total. The molecule has 0 bridgehead atoms. The molecule has 0 saturated carbocycles. The van der Waals surface area contributed by atoms with E-state index < -0.39 is 33.6 Å². The zero-order valence-corrected chi connectivity index (χ0v) is 20.0. The first-order valence-corrected chi connectivity index (χ1v) is 12.6. The van der Waals surface area contributed by atoms with Crippen molar-refractivity contribution in [3.8, 4) is 11.4 Å². The third-order valence-corrected chi connectivity index (χ3v) is 6.91. The van der Waals surface area contributed by atoms with E-state index in [1.54, 1.807) is 12.1 Å². The zero-order chi connectivity index (χ0) is 27.1. The van der Waals surface area contributed by atoms with Gasteiger partial charge in [0, 0.05) is 22.5 Å². The molecule has 38 heavy (non-hydrogen) atoms. The summed E-state index contributed by atoms with van der Waals surface area (Å²) in [6.45, 7) is -0.0262. The summed E-state index contributed by atoms with van der Waals surface area (Å²) >= 11 is 0. The molecule has 0 aliphatic carbocycles. The van der Waals surface area contributed by atoms with E-state index in [0.717, 1.165) is 12.3 Å². The summed E-state index contributed by atoms with van der Waals surface area (Å²) in [6, 6.07) is 10.8. The number of nitrogens with one attached hydrogen (secondary N) is 1. The molecule has 1 amide bonds. The second kappa shape index (κ2) is 9.49. The standard InChI is InChI=1S/C25H16F4N4O4S/c26-13-38(35,36)22-12-37-21-7-5-14(8-17(21)22)24(34)31-11-16-9-20-15(10-30-16)4-6-19(32-20)18-2-1-3-23(33-18)25(27,28)29/h1-10,12H,11,13H2,(H,31,34). The Hall–Kier alpha value is -4.39. The smallest absolute Gasteiger partial charge is 0.433 e. The largest absolute Gasteiger partial charge is 0.463 e. The van der Waals surface area contributed by atoms with Gasteiger partial charge < -0.3 is 9.73 Å². The Labute approximate surface area is 212 Å². The van der Waals surface area contributed by atoms with Gasteiger partial charge in [0.05, 0.1) is 29.1 Å². The van der Waals surface area contributed by atoms with E-state index in [0.29, 0.717) is 16.6 Å². The number of hydrogen-bond donors (Lipinski definition) is 1. The highest BCUT2D eigenvalue weighted by Crippen LogP contribution is 2.30. The number of nitrogens with zero attached hydrogens (tertiary/aromatic N) is 3. The van der Waals surface area contributed by atoms with Gasteiger partial charge in [-0.1, -0.05) is 6.07 Å². The van der Waals surface area contributed by atoms with Crippen LogP contribution in [-0.4, -0.2) is 35.3 Å². The van der Waals surface area contributed by atoms with Crippen LogP contribution >= 0.6 is 0 Å². The third-order valence-electron chi connectivity index (χ3n) is 5.64. The highest BCUT2D eigenvalue weighted by Gasteiger charge is 2.32. The van der Waals surface area contributed by atoms with Crippen LogP contribution in [0.1, 0.15) is 21.7 Å². The van der Waals surface area contributed by atoms with Gasteiger partial charge in [-0.3, -0.25) is 9.78 Å². The summed E-state index contributed by atoms with van der Waals surface area (Å²) in [4.78, 5) is 24.7. The number of benzene rings is 1. The minimum atomic E-state index is -4.59. The number of rotatable bonds is 6.